The number of carbonyl (C=O) groups is 2. The Labute approximate surface area is 194 Å². The summed E-state index contributed by atoms with van der Waals surface area (Å²) in [5.74, 6) is 0. The molecule has 0 saturated carbocycles. The summed E-state index contributed by atoms with van der Waals surface area (Å²) in [6.45, 7) is 1.61. The van der Waals surface area contributed by atoms with Gasteiger partial charge in [0.05, 0.1) is 0 Å². The first-order chi connectivity index (χ1) is 16.2. The van der Waals surface area contributed by atoms with E-state index in [0.717, 1.165) is 36.0 Å². The van der Waals surface area contributed by atoms with Crippen LogP contribution >= 0.6 is 0 Å². The Hall–Kier alpha value is -3.80. The van der Waals surface area contributed by atoms with Gasteiger partial charge in [0.15, 0.2) is 0 Å². The lowest BCUT2D eigenvalue weighted by Gasteiger charge is -2.08. The van der Waals surface area contributed by atoms with Crippen molar-refractivity contribution in [3.63, 3.8) is 0 Å². The molecule has 0 saturated heterocycles. The third-order valence-corrected chi connectivity index (χ3v) is 5.04. The molecule has 0 heterocycles. The Kier molecular flexibility index (Phi) is 9.81. The predicted octanol–water partition coefficient (Wildman–Crippen LogP) is 5.01. The molecule has 6 heteroatoms. The molecule has 2 amide bonds. The first-order valence-electron chi connectivity index (χ1n) is 11.2. The SMILES string of the molecule is O=C(NCCCc1ccc(CCNC(=O)OCc2ccccc2)cc1)OCc1ccccc1. The van der Waals surface area contributed by atoms with Crippen LogP contribution in [0.5, 0.6) is 0 Å². The van der Waals surface area contributed by atoms with E-state index in [4.69, 9.17) is 9.47 Å². The summed E-state index contributed by atoms with van der Waals surface area (Å²) in [5, 5.41) is 5.56. The van der Waals surface area contributed by atoms with Crippen LogP contribution in [-0.4, -0.2) is 25.3 Å². The van der Waals surface area contributed by atoms with Crippen LogP contribution in [0.15, 0.2) is 84.9 Å². The van der Waals surface area contributed by atoms with E-state index in [1.807, 2.05) is 60.7 Å². The number of benzene rings is 3. The van der Waals surface area contributed by atoms with E-state index < -0.39 is 12.2 Å². The maximum atomic E-state index is 11.8. The monoisotopic (exact) mass is 446 g/mol. The van der Waals surface area contributed by atoms with Crippen LogP contribution in [-0.2, 0) is 35.5 Å². The van der Waals surface area contributed by atoms with Gasteiger partial charge in [0, 0.05) is 13.1 Å². The van der Waals surface area contributed by atoms with E-state index in [2.05, 4.69) is 34.9 Å². The van der Waals surface area contributed by atoms with Crippen molar-refractivity contribution < 1.29 is 19.1 Å². The van der Waals surface area contributed by atoms with Crippen molar-refractivity contribution in [2.75, 3.05) is 13.1 Å². The van der Waals surface area contributed by atoms with E-state index in [1.165, 1.54) is 5.56 Å². The minimum absolute atomic E-state index is 0.265. The van der Waals surface area contributed by atoms with Crippen LogP contribution in [0.2, 0.25) is 0 Å². The van der Waals surface area contributed by atoms with E-state index in [9.17, 15) is 9.59 Å². The number of ether oxygens (including phenoxy) is 2. The molecule has 3 aromatic rings. The zero-order valence-electron chi connectivity index (χ0n) is 18.7. The zero-order chi connectivity index (χ0) is 23.1. The summed E-state index contributed by atoms with van der Waals surface area (Å²) >= 11 is 0. The molecule has 0 aliphatic carbocycles. The molecule has 3 rings (SSSR count). The molecule has 0 fully saturated rings. The number of hydrogen-bond donors (Lipinski definition) is 2. The van der Waals surface area contributed by atoms with Crippen molar-refractivity contribution in [1.82, 2.24) is 10.6 Å². The highest BCUT2D eigenvalue weighted by atomic mass is 16.6. The van der Waals surface area contributed by atoms with Crippen molar-refractivity contribution >= 4 is 12.2 Å². The maximum Gasteiger partial charge on any atom is 0.407 e. The Morgan fingerprint density at radius 1 is 0.545 bits per heavy atom. The molecule has 0 spiro atoms. The predicted molar refractivity (Wildman–Crippen MR) is 128 cm³/mol. The summed E-state index contributed by atoms with van der Waals surface area (Å²) < 4.78 is 10.4. The van der Waals surface area contributed by atoms with Gasteiger partial charge in [0.2, 0.25) is 0 Å². The second-order valence-corrected chi connectivity index (χ2v) is 7.65. The molecule has 0 aromatic heterocycles. The summed E-state index contributed by atoms with van der Waals surface area (Å²) in [4.78, 5) is 23.6. The molecule has 0 aliphatic rings. The number of hydrogen-bond acceptors (Lipinski definition) is 4. The maximum absolute atomic E-state index is 11.8. The Morgan fingerprint density at radius 3 is 1.52 bits per heavy atom. The normalized spacial score (nSPS) is 10.3. The van der Waals surface area contributed by atoms with Crippen LogP contribution in [0, 0.1) is 0 Å². The van der Waals surface area contributed by atoms with E-state index >= 15 is 0 Å². The van der Waals surface area contributed by atoms with Gasteiger partial charge in [0.25, 0.3) is 0 Å². The van der Waals surface area contributed by atoms with Gasteiger partial charge in [-0.15, -0.1) is 0 Å². The highest BCUT2D eigenvalue weighted by molar-refractivity contribution is 5.67. The van der Waals surface area contributed by atoms with Crippen molar-refractivity contribution in [1.29, 1.82) is 0 Å². The topological polar surface area (TPSA) is 76.7 Å². The number of aryl methyl sites for hydroxylation is 1. The van der Waals surface area contributed by atoms with E-state index in [0.29, 0.717) is 13.1 Å². The molecular formula is C27H30N2O4. The quantitative estimate of drug-likeness (QED) is 0.406. The number of rotatable bonds is 11. The Morgan fingerprint density at radius 2 is 1.00 bits per heavy atom. The van der Waals surface area contributed by atoms with Gasteiger partial charge in [-0.2, -0.15) is 0 Å². The van der Waals surface area contributed by atoms with Gasteiger partial charge in [-0.05, 0) is 41.5 Å². The fraction of sp³-hybridized carbons (Fsp3) is 0.259. The lowest BCUT2D eigenvalue weighted by molar-refractivity contribution is 0.139. The summed E-state index contributed by atoms with van der Waals surface area (Å²) in [5.41, 5.74) is 4.27. The number of alkyl carbamates (subject to hydrolysis) is 2. The van der Waals surface area contributed by atoms with Gasteiger partial charge < -0.3 is 20.1 Å². The van der Waals surface area contributed by atoms with Crippen LogP contribution in [0.4, 0.5) is 9.59 Å². The van der Waals surface area contributed by atoms with E-state index in [1.54, 1.807) is 0 Å². The fourth-order valence-corrected chi connectivity index (χ4v) is 3.21. The van der Waals surface area contributed by atoms with Crippen molar-refractivity contribution in [3.8, 4) is 0 Å². The molecule has 0 bridgehead atoms. The highest BCUT2D eigenvalue weighted by Gasteiger charge is 2.04. The lowest BCUT2D eigenvalue weighted by Crippen LogP contribution is -2.26. The van der Waals surface area contributed by atoms with Crippen LogP contribution in [0.1, 0.15) is 28.7 Å². The van der Waals surface area contributed by atoms with Gasteiger partial charge in [-0.25, -0.2) is 9.59 Å². The summed E-state index contributed by atoms with van der Waals surface area (Å²) in [6.07, 6.45) is 1.61. The lowest BCUT2D eigenvalue weighted by atomic mass is 10.1. The van der Waals surface area contributed by atoms with Crippen molar-refractivity contribution in [2.45, 2.75) is 32.5 Å². The molecule has 0 radical (unpaired) electrons. The number of nitrogens with one attached hydrogen (secondary N) is 2. The molecule has 0 unspecified atom stereocenters. The van der Waals surface area contributed by atoms with Crippen LogP contribution in [0.3, 0.4) is 0 Å². The molecule has 6 nitrogen and oxygen atoms in total. The van der Waals surface area contributed by atoms with Crippen LogP contribution < -0.4 is 10.6 Å². The highest BCUT2D eigenvalue weighted by Crippen LogP contribution is 2.08. The minimum Gasteiger partial charge on any atom is -0.445 e. The molecular weight excluding hydrogens is 416 g/mol. The molecule has 172 valence electrons. The smallest absolute Gasteiger partial charge is 0.407 e. The third kappa shape index (κ3) is 9.47. The Balaban J connectivity index is 1.24. The molecule has 0 aliphatic heterocycles. The van der Waals surface area contributed by atoms with Crippen molar-refractivity contribution in [3.05, 3.63) is 107 Å². The third-order valence-electron chi connectivity index (χ3n) is 5.04. The summed E-state index contributed by atoms with van der Waals surface area (Å²) in [7, 11) is 0. The average Bonchev–Trinajstić information content (AvgIpc) is 2.86. The molecule has 33 heavy (non-hydrogen) atoms. The van der Waals surface area contributed by atoms with Gasteiger partial charge in [-0.3, -0.25) is 0 Å². The average molecular weight is 447 g/mol. The van der Waals surface area contributed by atoms with Gasteiger partial charge in [0.1, 0.15) is 13.2 Å². The van der Waals surface area contributed by atoms with Gasteiger partial charge in [-0.1, -0.05) is 84.9 Å². The second kappa shape index (κ2) is 13.6. The van der Waals surface area contributed by atoms with E-state index in [-0.39, 0.29) is 13.2 Å². The molecule has 0 atom stereocenters. The zero-order valence-corrected chi connectivity index (χ0v) is 18.7. The minimum atomic E-state index is -0.412. The first-order valence-corrected chi connectivity index (χ1v) is 11.2. The largest absolute Gasteiger partial charge is 0.445 e. The first kappa shape index (κ1) is 23.9. The van der Waals surface area contributed by atoms with Crippen LogP contribution in [0.25, 0.3) is 0 Å². The molecule has 2 N–H and O–H groups in total. The summed E-state index contributed by atoms with van der Waals surface area (Å²) in [6, 6.07) is 27.5. The standard InChI is InChI=1S/C27H30N2O4/c30-26(32-20-24-8-3-1-4-9-24)28-18-7-12-22-13-15-23(16-14-22)17-19-29-27(31)33-21-25-10-5-2-6-11-25/h1-6,8-11,13-16H,7,12,17-21H2,(H,28,30)(H,29,31). The van der Waals surface area contributed by atoms with Gasteiger partial charge >= 0.3 is 12.2 Å². The fourth-order valence-electron chi connectivity index (χ4n) is 3.21. The second-order valence-electron chi connectivity index (χ2n) is 7.65. The number of carbonyl (C=O) groups excluding carboxylic acids is 2. The van der Waals surface area contributed by atoms with Crippen molar-refractivity contribution in [2.24, 2.45) is 0 Å². The molecule has 3 aromatic carbocycles. The Bertz CT molecular complexity index is 976. The number of amides is 2.